The Balaban J connectivity index is 1.75. The topological polar surface area (TPSA) is 77.3 Å². The zero-order chi connectivity index (χ0) is 18.1. The maximum Gasteiger partial charge on any atom is 0.274 e. The molecule has 1 unspecified atom stereocenters. The average molecular weight is 371 g/mol. The van der Waals surface area contributed by atoms with Crippen molar-refractivity contribution in [3.63, 3.8) is 0 Å². The average Bonchev–Trinajstić information content (AvgIpc) is 3.30. The number of piperidine rings is 1. The van der Waals surface area contributed by atoms with Gasteiger partial charge in [-0.05, 0) is 43.2 Å². The molecule has 134 valence electrons. The van der Waals surface area contributed by atoms with Crippen LogP contribution < -0.4 is 5.73 Å². The lowest BCUT2D eigenvalue weighted by Crippen LogP contribution is -2.45. The van der Waals surface area contributed by atoms with Gasteiger partial charge in [-0.25, -0.2) is 4.68 Å². The van der Waals surface area contributed by atoms with Gasteiger partial charge >= 0.3 is 0 Å². The molecule has 1 fully saturated rings. The van der Waals surface area contributed by atoms with E-state index >= 15 is 0 Å². The van der Waals surface area contributed by atoms with Crippen LogP contribution in [0.5, 0.6) is 0 Å². The van der Waals surface area contributed by atoms with Gasteiger partial charge < -0.3 is 15.1 Å². The van der Waals surface area contributed by atoms with Crippen LogP contribution in [0.2, 0.25) is 5.02 Å². The van der Waals surface area contributed by atoms with Crippen molar-refractivity contribution in [2.45, 2.75) is 18.9 Å². The van der Waals surface area contributed by atoms with Gasteiger partial charge in [0.25, 0.3) is 5.91 Å². The number of benzene rings is 1. The Bertz CT molecular complexity index is 920. The quantitative estimate of drug-likeness (QED) is 0.767. The zero-order valence-corrected chi connectivity index (χ0v) is 14.9. The van der Waals surface area contributed by atoms with Crippen molar-refractivity contribution >= 4 is 17.5 Å². The maximum absolute atomic E-state index is 12.9. The second kappa shape index (κ2) is 6.97. The van der Waals surface area contributed by atoms with Gasteiger partial charge in [-0.15, -0.1) is 0 Å². The molecule has 1 atom stereocenters. The van der Waals surface area contributed by atoms with Gasteiger partial charge in [-0.3, -0.25) is 4.79 Å². The number of aromatic nitrogens is 2. The minimum atomic E-state index is -0.117. The van der Waals surface area contributed by atoms with E-state index in [-0.39, 0.29) is 11.9 Å². The standard InChI is InChI=1S/C19H19ClN4O2/c20-13-4-1-6-15(10-13)24-17(18-7-3-9-26-18)11-16(22-24)19(25)23-8-2-5-14(21)12-23/h1,3-4,6-7,9-11,14H,2,5,8,12,21H2. The molecular weight excluding hydrogens is 352 g/mol. The lowest BCUT2D eigenvalue weighted by Gasteiger charge is -2.30. The molecule has 1 aliphatic rings. The first-order chi connectivity index (χ1) is 12.6. The van der Waals surface area contributed by atoms with Crippen molar-refractivity contribution in [1.29, 1.82) is 0 Å². The highest BCUT2D eigenvalue weighted by molar-refractivity contribution is 6.30. The van der Waals surface area contributed by atoms with Gasteiger partial charge in [-0.2, -0.15) is 5.10 Å². The highest BCUT2D eigenvalue weighted by Crippen LogP contribution is 2.26. The molecule has 2 N–H and O–H groups in total. The third-order valence-corrected chi connectivity index (χ3v) is 4.74. The van der Waals surface area contributed by atoms with Crippen molar-refractivity contribution in [1.82, 2.24) is 14.7 Å². The Morgan fingerprint density at radius 3 is 2.88 bits per heavy atom. The normalized spacial score (nSPS) is 17.5. The number of hydrogen-bond donors (Lipinski definition) is 1. The molecule has 1 amide bonds. The van der Waals surface area contributed by atoms with Crippen LogP contribution in [-0.4, -0.2) is 39.7 Å². The van der Waals surface area contributed by atoms with E-state index in [9.17, 15) is 4.79 Å². The third-order valence-electron chi connectivity index (χ3n) is 4.50. The first-order valence-corrected chi connectivity index (χ1v) is 8.94. The zero-order valence-electron chi connectivity index (χ0n) is 14.1. The second-order valence-corrected chi connectivity index (χ2v) is 6.87. The molecule has 2 aromatic heterocycles. The lowest BCUT2D eigenvalue weighted by atomic mass is 10.1. The predicted octanol–water partition coefficient (Wildman–Crippen LogP) is 3.35. The van der Waals surface area contributed by atoms with Gasteiger partial charge in [0.2, 0.25) is 0 Å². The van der Waals surface area contributed by atoms with Crippen molar-refractivity contribution in [3.05, 3.63) is 59.4 Å². The molecule has 1 aliphatic heterocycles. The number of nitrogens with two attached hydrogens (primary N) is 1. The lowest BCUT2D eigenvalue weighted by molar-refractivity contribution is 0.0702. The van der Waals surface area contributed by atoms with Crippen LogP contribution in [0.1, 0.15) is 23.3 Å². The van der Waals surface area contributed by atoms with Crippen molar-refractivity contribution in [2.75, 3.05) is 13.1 Å². The monoisotopic (exact) mass is 370 g/mol. The highest BCUT2D eigenvalue weighted by Gasteiger charge is 2.26. The fourth-order valence-electron chi connectivity index (χ4n) is 3.25. The van der Waals surface area contributed by atoms with E-state index in [4.69, 9.17) is 21.8 Å². The number of likely N-dealkylation sites (tertiary alicyclic amines) is 1. The molecule has 4 rings (SSSR count). The van der Waals surface area contributed by atoms with E-state index < -0.39 is 0 Å². The van der Waals surface area contributed by atoms with Gasteiger partial charge in [-0.1, -0.05) is 17.7 Å². The largest absolute Gasteiger partial charge is 0.463 e. The molecule has 0 radical (unpaired) electrons. The number of hydrogen-bond acceptors (Lipinski definition) is 4. The number of rotatable bonds is 3. The van der Waals surface area contributed by atoms with E-state index in [1.165, 1.54) is 0 Å². The summed E-state index contributed by atoms with van der Waals surface area (Å²) >= 11 is 6.13. The minimum absolute atomic E-state index is 0.0206. The van der Waals surface area contributed by atoms with E-state index in [0.717, 1.165) is 18.5 Å². The van der Waals surface area contributed by atoms with E-state index in [1.54, 1.807) is 40.1 Å². The Morgan fingerprint density at radius 1 is 1.27 bits per heavy atom. The van der Waals surface area contributed by atoms with Gasteiger partial charge in [0.1, 0.15) is 5.69 Å². The van der Waals surface area contributed by atoms with Crippen molar-refractivity contribution in [3.8, 4) is 17.1 Å². The van der Waals surface area contributed by atoms with Crippen molar-refractivity contribution in [2.24, 2.45) is 5.73 Å². The molecule has 7 heteroatoms. The molecule has 26 heavy (non-hydrogen) atoms. The molecule has 1 aromatic carbocycles. The van der Waals surface area contributed by atoms with Gasteiger partial charge in [0, 0.05) is 30.2 Å². The fourth-order valence-corrected chi connectivity index (χ4v) is 3.43. The third kappa shape index (κ3) is 3.25. The summed E-state index contributed by atoms with van der Waals surface area (Å²) in [5.74, 6) is 0.514. The van der Waals surface area contributed by atoms with Crippen LogP contribution in [0.15, 0.2) is 53.1 Å². The number of furan rings is 1. The van der Waals surface area contributed by atoms with Gasteiger partial charge in [0.05, 0.1) is 12.0 Å². The Kier molecular flexibility index (Phi) is 4.53. The molecule has 1 saturated heterocycles. The van der Waals surface area contributed by atoms with E-state index in [1.807, 2.05) is 18.2 Å². The highest BCUT2D eigenvalue weighted by atomic mass is 35.5. The maximum atomic E-state index is 12.9. The van der Waals surface area contributed by atoms with Gasteiger partial charge in [0.15, 0.2) is 11.5 Å². The summed E-state index contributed by atoms with van der Waals surface area (Å²) in [5.41, 5.74) is 7.84. The van der Waals surface area contributed by atoms with Crippen LogP contribution in [0.4, 0.5) is 0 Å². The number of halogens is 1. The smallest absolute Gasteiger partial charge is 0.274 e. The predicted molar refractivity (Wildman–Crippen MR) is 99.4 cm³/mol. The SMILES string of the molecule is NC1CCCN(C(=O)c2cc(-c3ccco3)n(-c3cccc(Cl)c3)n2)C1. The summed E-state index contributed by atoms with van der Waals surface area (Å²) in [6.45, 7) is 1.26. The summed E-state index contributed by atoms with van der Waals surface area (Å²) in [6, 6.07) is 12.7. The Morgan fingerprint density at radius 2 is 2.15 bits per heavy atom. The minimum Gasteiger partial charge on any atom is -0.463 e. The van der Waals surface area contributed by atoms with Crippen LogP contribution in [0, 0.1) is 0 Å². The summed E-state index contributed by atoms with van der Waals surface area (Å²) < 4.78 is 7.21. The molecular formula is C19H19ClN4O2. The number of amides is 1. The molecule has 0 bridgehead atoms. The molecule has 3 aromatic rings. The number of nitrogens with zero attached hydrogens (tertiary/aromatic N) is 3. The summed E-state index contributed by atoms with van der Waals surface area (Å²) in [4.78, 5) is 14.7. The van der Waals surface area contributed by atoms with Crippen molar-refractivity contribution < 1.29 is 9.21 Å². The van der Waals surface area contributed by atoms with E-state index in [0.29, 0.717) is 35.3 Å². The van der Waals surface area contributed by atoms with Crippen LogP contribution in [-0.2, 0) is 0 Å². The summed E-state index contributed by atoms with van der Waals surface area (Å²) in [5, 5.41) is 5.14. The molecule has 0 spiro atoms. The number of carbonyl (C=O) groups is 1. The molecule has 3 heterocycles. The fraction of sp³-hybridized carbons (Fsp3) is 0.263. The number of carbonyl (C=O) groups excluding carboxylic acids is 1. The first-order valence-electron chi connectivity index (χ1n) is 8.56. The Labute approximate surface area is 156 Å². The Hall–Kier alpha value is -2.57. The van der Waals surface area contributed by atoms with Crippen LogP contribution in [0.3, 0.4) is 0 Å². The van der Waals surface area contributed by atoms with Crippen LogP contribution in [0.25, 0.3) is 17.1 Å². The summed E-state index contributed by atoms with van der Waals surface area (Å²) in [6.07, 6.45) is 3.45. The summed E-state index contributed by atoms with van der Waals surface area (Å²) in [7, 11) is 0. The molecule has 0 saturated carbocycles. The second-order valence-electron chi connectivity index (χ2n) is 6.44. The first kappa shape index (κ1) is 16.9. The molecule has 6 nitrogen and oxygen atoms in total. The van der Waals surface area contributed by atoms with E-state index in [2.05, 4.69) is 5.10 Å². The van der Waals surface area contributed by atoms with Crippen LogP contribution >= 0.6 is 11.6 Å². The molecule has 0 aliphatic carbocycles.